The molecule has 1 amide bonds. The van der Waals surface area contributed by atoms with Crippen LogP contribution in [0, 0.1) is 11.8 Å². The van der Waals surface area contributed by atoms with Gasteiger partial charge in [0.15, 0.2) is 5.78 Å². The lowest BCUT2D eigenvalue weighted by Crippen LogP contribution is -2.42. The Kier molecular flexibility index (Phi) is 4.98. The van der Waals surface area contributed by atoms with Crippen molar-refractivity contribution in [2.45, 2.75) is 19.8 Å². The Morgan fingerprint density at radius 1 is 1.27 bits per heavy atom. The maximum atomic E-state index is 12.3. The van der Waals surface area contributed by atoms with Crippen molar-refractivity contribution in [1.29, 1.82) is 0 Å². The molecule has 0 spiro atoms. The van der Waals surface area contributed by atoms with Gasteiger partial charge < -0.3 is 15.2 Å². The Labute approximate surface area is 133 Å². The monoisotopic (exact) mass is 320 g/mol. The van der Waals surface area contributed by atoms with E-state index in [4.69, 9.17) is 11.6 Å². The molecule has 1 aliphatic rings. The Balaban J connectivity index is 2.17. The summed E-state index contributed by atoms with van der Waals surface area (Å²) in [4.78, 5) is 34.8. The van der Waals surface area contributed by atoms with Gasteiger partial charge in [0.2, 0.25) is 5.91 Å². The minimum atomic E-state index is -1.27. The maximum Gasteiger partial charge on any atom is 0.228 e. The third-order valence-electron chi connectivity index (χ3n) is 3.67. The van der Waals surface area contributed by atoms with Gasteiger partial charge in [-0.2, -0.15) is 0 Å². The largest absolute Gasteiger partial charge is 0.550 e. The van der Waals surface area contributed by atoms with Crippen molar-refractivity contribution in [2.75, 3.05) is 5.32 Å². The van der Waals surface area contributed by atoms with Crippen LogP contribution in [-0.4, -0.2) is 17.7 Å². The number of amides is 1. The number of rotatable bonds is 4. The second kappa shape index (κ2) is 6.75. The molecule has 0 saturated carbocycles. The van der Waals surface area contributed by atoms with Crippen LogP contribution in [-0.2, 0) is 9.59 Å². The third-order valence-corrected chi connectivity index (χ3v) is 3.98. The fraction of sp³-hybridized carbons (Fsp3) is 0.312. The highest BCUT2D eigenvalue weighted by Gasteiger charge is 2.32. The molecule has 1 aromatic carbocycles. The van der Waals surface area contributed by atoms with E-state index in [2.05, 4.69) is 5.32 Å². The number of Topliss-reactive ketones (excluding diaryl/α,β-unsaturated/α-hetero) is 1. The Morgan fingerprint density at radius 2 is 2.00 bits per heavy atom. The summed E-state index contributed by atoms with van der Waals surface area (Å²) in [5, 5.41) is 14.3. The molecule has 0 heterocycles. The summed E-state index contributed by atoms with van der Waals surface area (Å²) >= 11 is 5.92. The second-order valence-corrected chi connectivity index (χ2v) is 5.73. The first-order valence-electron chi connectivity index (χ1n) is 6.85. The molecular weight excluding hydrogens is 306 g/mol. The van der Waals surface area contributed by atoms with E-state index in [1.54, 1.807) is 30.3 Å². The van der Waals surface area contributed by atoms with Gasteiger partial charge in [-0.3, -0.25) is 9.59 Å². The second-order valence-electron chi connectivity index (χ2n) is 5.25. The van der Waals surface area contributed by atoms with Crippen molar-refractivity contribution in [2.24, 2.45) is 11.8 Å². The zero-order valence-corrected chi connectivity index (χ0v) is 12.7. The SMILES string of the molecule is CC(=O)c1cccc(NC(=O)[C@@H]2CC(Cl)=CC[C@@H]2C(=O)[O-])c1. The first-order chi connectivity index (χ1) is 10.4. The molecule has 0 unspecified atom stereocenters. The number of hydrogen-bond donors (Lipinski definition) is 1. The van der Waals surface area contributed by atoms with Crippen LogP contribution in [0.25, 0.3) is 0 Å². The van der Waals surface area contributed by atoms with E-state index in [1.165, 1.54) is 6.92 Å². The van der Waals surface area contributed by atoms with Gasteiger partial charge >= 0.3 is 0 Å². The van der Waals surface area contributed by atoms with Crippen LogP contribution in [0.15, 0.2) is 35.4 Å². The van der Waals surface area contributed by atoms with Crippen LogP contribution in [0.5, 0.6) is 0 Å². The molecule has 1 aliphatic carbocycles. The number of halogens is 1. The maximum absolute atomic E-state index is 12.3. The van der Waals surface area contributed by atoms with Crippen molar-refractivity contribution in [1.82, 2.24) is 0 Å². The summed E-state index contributed by atoms with van der Waals surface area (Å²) in [5.41, 5.74) is 0.913. The number of carboxylic acids is 1. The molecule has 1 N–H and O–H groups in total. The summed E-state index contributed by atoms with van der Waals surface area (Å²) in [7, 11) is 0. The van der Waals surface area contributed by atoms with E-state index in [9.17, 15) is 19.5 Å². The molecule has 1 aromatic rings. The lowest BCUT2D eigenvalue weighted by Gasteiger charge is -2.29. The number of anilines is 1. The predicted molar refractivity (Wildman–Crippen MR) is 80.2 cm³/mol. The first kappa shape index (κ1) is 16.2. The van der Waals surface area contributed by atoms with Gasteiger partial charge in [0, 0.05) is 28.2 Å². The number of allylic oxidation sites excluding steroid dienone is 2. The smallest absolute Gasteiger partial charge is 0.228 e. The number of benzene rings is 1. The topological polar surface area (TPSA) is 86.3 Å². The quantitative estimate of drug-likeness (QED) is 0.856. The predicted octanol–water partition coefficient (Wildman–Crippen LogP) is 1.73. The molecule has 0 saturated heterocycles. The lowest BCUT2D eigenvalue weighted by atomic mass is 9.82. The number of carbonyl (C=O) groups is 3. The molecule has 116 valence electrons. The fourth-order valence-electron chi connectivity index (χ4n) is 2.44. The molecular formula is C16H15ClNO4-. The normalized spacial score (nSPS) is 20.9. The fourth-order valence-corrected chi connectivity index (χ4v) is 2.70. The minimum absolute atomic E-state index is 0.118. The standard InChI is InChI=1S/C16H16ClNO4/c1-9(19)10-3-2-4-12(7-10)18-15(20)14-8-11(17)5-6-13(14)16(21)22/h2-5,7,13-14H,6,8H2,1H3,(H,18,20)(H,21,22)/p-1/t13-,14+/m0/s1. The molecule has 2 rings (SSSR count). The highest BCUT2D eigenvalue weighted by Crippen LogP contribution is 2.32. The van der Waals surface area contributed by atoms with Gasteiger partial charge in [-0.1, -0.05) is 29.8 Å². The molecule has 0 aliphatic heterocycles. The van der Waals surface area contributed by atoms with Gasteiger partial charge in [-0.15, -0.1) is 0 Å². The van der Waals surface area contributed by atoms with Gasteiger partial charge in [0.05, 0.1) is 5.92 Å². The van der Waals surface area contributed by atoms with Crippen LogP contribution in [0.1, 0.15) is 30.1 Å². The number of aliphatic carboxylic acids is 1. The van der Waals surface area contributed by atoms with Crippen LogP contribution in [0.2, 0.25) is 0 Å². The molecule has 5 nitrogen and oxygen atoms in total. The minimum Gasteiger partial charge on any atom is -0.550 e. The van der Waals surface area contributed by atoms with Crippen LogP contribution < -0.4 is 10.4 Å². The van der Waals surface area contributed by atoms with Crippen molar-refractivity contribution in [3.63, 3.8) is 0 Å². The summed E-state index contributed by atoms with van der Waals surface area (Å²) in [6.07, 6.45) is 1.94. The van der Waals surface area contributed by atoms with Gasteiger partial charge in [-0.25, -0.2) is 0 Å². The van der Waals surface area contributed by atoms with E-state index in [0.29, 0.717) is 16.3 Å². The molecule has 0 fully saturated rings. The Hall–Kier alpha value is -2.14. The molecule has 0 aromatic heterocycles. The number of carbonyl (C=O) groups excluding carboxylic acids is 3. The van der Waals surface area contributed by atoms with Crippen molar-refractivity contribution in [3.05, 3.63) is 40.9 Å². The van der Waals surface area contributed by atoms with Crippen LogP contribution in [0.4, 0.5) is 5.69 Å². The van der Waals surface area contributed by atoms with E-state index >= 15 is 0 Å². The average molecular weight is 321 g/mol. The first-order valence-corrected chi connectivity index (χ1v) is 7.23. The molecule has 22 heavy (non-hydrogen) atoms. The average Bonchev–Trinajstić information content (AvgIpc) is 2.47. The highest BCUT2D eigenvalue weighted by atomic mass is 35.5. The number of carboxylic acid groups (broad SMARTS) is 1. The van der Waals surface area contributed by atoms with Crippen LogP contribution in [0.3, 0.4) is 0 Å². The zero-order chi connectivity index (χ0) is 16.3. The molecule has 0 bridgehead atoms. The molecule has 2 atom stereocenters. The number of ketones is 1. The van der Waals surface area contributed by atoms with Crippen molar-refractivity contribution >= 4 is 34.9 Å². The van der Waals surface area contributed by atoms with Crippen LogP contribution >= 0.6 is 11.6 Å². The van der Waals surface area contributed by atoms with E-state index < -0.39 is 23.7 Å². The summed E-state index contributed by atoms with van der Waals surface area (Å²) in [5.74, 6) is -3.52. The number of nitrogens with one attached hydrogen (secondary N) is 1. The van der Waals surface area contributed by atoms with Crippen molar-refractivity contribution in [3.8, 4) is 0 Å². The third kappa shape index (κ3) is 3.74. The lowest BCUT2D eigenvalue weighted by molar-refractivity contribution is -0.313. The summed E-state index contributed by atoms with van der Waals surface area (Å²) < 4.78 is 0. The summed E-state index contributed by atoms with van der Waals surface area (Å²) in [6, 6.07) is 6.48. The molecule has 6 heteroatoms. The highest BCUT2D eigenvalue weighted by molar-refractivity contribution is 6.29. The number of hydrogen-bond acceptors (Lipinski definition) is 4. The zero-order valence-electron chi connectivity index (χ0n) is 12.0. The van der Waals surface area contributed by atoms with Crippen molar-refractivity contribution < 1.29 is 19.5 Å². The van der Waals surface area contributed by atoms with E-state index in [0.717, 1.165) is 0 Å². The molecule has 0 radical (unpaired) electrons. The van der Waals surface area contributed by atoms with E-state index in [1.807, 2.05) is 0 Å². The van der Waals surface area contributed by atoms with E-state index in [-0.39, 0.29) is 18.6 Å². The summed E-state index contributed by atoms with van der Waals surface area (Å²) in [6.45, 7) is 1.43. The van der Waals surface area contributed by atoms with Gasteiger partial charge in [0.1, 0.15) is 0 Å². The Morgan fingerprint density at radius 3 is 2.64 bits per heavy atom. The Bertz CT molecular complexity index is 653. The van der Waals surface area contributed by atoms with Gasteiger partial charge in [-0.05, 0) is 31.9 Å². The van der Waals surface area contributed by atoms with Gasteiger partial charge in [0.25, 0.3) is 0 Å².